The topological polar surface area (TPSA) is 90.9 Å². The first-order chi connectivity index (χ1) is 9.28. The average Bonchev–Trinajstić information content (AvgIpc) is 2.94. The van der Waals surface area contributed by atoms with Crippen molar-refractivity contribution in [2.45, 2.75) is 18.9 Å². The van der Waals surface area contributed by atoms with Crippen molar-refractivity contribution in [2.75, 3.05) is 31.1 Å². The third-order valence-electron chi connectivity index (χ3n) is 3.92. The van der Waals surface area contributed by atoms with Crippen LogP contribution in [0.3, 0.4) is 0 Å². The van der Waals surface area contributed by atoms with Gasteiger partial charge in [0.15, 0.2) is 5.84 Å². The van der Waals surface area contributed by atoms with Gasteiger partial charge in [0.2, 0.25) is 0 Å². The number of nitrogens with zero attached hydrogens (tertiary/aromatic N) is 5. The van der Waals surface area contributed by atoms with E-state index in [9.17, 15) is 0 Å². The Labute approximate surface area is 111 Å². The van der Waals surface area contributed by atoms with E-state index in [1.807, 2.05) is 0 Å². The Kier molecular flexibility index (Phi) is 3.20. The Morgan fingerprint density at radius 2 is 2.21 bits per heavy atom. The van der Waals surface area contributed by atoms with Crippen molar-refractivity contribution in [1.29, 1.82) is 0 Å². The van der Waals surface area contributed by atoms with Crippen LogP contribution in [0.15, 0.2) is 17.5 Å². The van der Waals surface area contributed by atoms with Crippen molar-refractivity contribution in [3.8, 4) is 0 Å². The summed E-state index contributed by atoms with van der Waals surface area (Å²) < 4.78 is 0. The zero-order valence-electron chi connectivity index (χ0n) is 10.7. The molecule has 7 heteroatoms. The van der Waals surface area contributed by atoms with Crippen LogP contribution in [0.5, 0.6) is 0 Å². The molecule has 0 radical (unpaired) electrons. The average molecular weight is 262 g/mol. The van der Waals surface area contributed by atoms with Gasteiger partial charge in [-0.15, -0.1) is 0 Å². The largest absolute Gasteiger partial charge is 0.409 e. The van der Waals surface area contributed by atoms with Crippen LogP contribution >= 0.6 is 0 Å². The van der Waals surface area contributed by atoms with Crippen molar-refractivity contribution < 1.29 is 5.21 Å². The molecule has 3 N–H and O–H groups in total. The molecular formula is C12H18N6O. The van der Waals surface area contributed by atoms with Gasteiger partial charge in [-0.25, -0.2) is 9.97 Å². The summed E-state index contributed by atoms with van der Waals surface area (Å²) in [4.78, 5) is 13.3. The van der Waals surface area contributed by atoms with E-state index in [-0.39, 0.29) is 5.84 Å². The van der Waals surface area contributed by atoms with E-state index in [4.69, 9.17) is 10.9 Å². The summed E-state index contributed by atoms with van der Waals surface area (Å²) in [5.74, 6) is 0.848. The molecule has 0 aromatic carbocycles. The molecule has 102 valence electrons. The Balaban J connectivity index is 1.72. The maximum Gasteiger partial charge on any atom is 0.190 e. The van der Waals surface area contributed by atoms with Crippen LogP contribution in [0.25, 0.3) is 0 Å². The maximum atomic E-state index is 8.59. The summed E-state index contributed by atoms with van der Waals surface area (Å²) in [6, 6.07) is 0.652. The van der Waals surface area contributed by atoms with Gasteiger partial charge in [-0.05, 0) is 19.4 Å². The van der Waals surface area contributed by atoms with Gasteiger partial charge in [-0.1, -0.05) is 5.16 Å². The molecule has 3 heterocycles. The summed E-state index contributed by atoms with van der Waals surface area (Å²) in [6.45, 7) is 4.31. The minimum Gasteiger partial charge on any atom is -0.409 e. The quantitative estimate of drug-likeness (QED) is 0.333. The third kappa shape index (κ3) is 2.33. The van der Waals surface area contributed by atoms with Gasteiger partial charge in [-0.3, -0.25) is 4.90 Å². The van der Waals surface area contributed by atoms with Crippen LogP contribution in [0, 0.1) is 0 Å². The molecule has 1 unspecified atom stereocenters. The van der Waals surface area contributed by atoms with Gasteiger partial charge in [-0.2, -0.15) is 0 Å². The Bertz CT molecular complexity index is 474. The summed E-state index contributed by atoms with van der Waals surface area (Å²) in [5.41, 5.74) is 5.86. The molecule has 3 rings (SSSR count). The van der Waals surface area contributed by atoms with Crippen LogP contribution in [0.1, 0.15) is 18.5 Å². The molecule has 1 aromatic heterocycles. The van der Waals surface area contributed by atoms with Crippen LogP contribution in [-0.2, 0) is 0 Å². The van der Waals surface area contributed by atoms with E-state index in [0.29, 0.717) is 11.7 Å². The summed E-state index contributed by atoms with van der Waals surface area (Å²) in [6.07, 6.45) is 5.81. The van der Waals surface area contributed by atoms with E-state index in [1.54, 1.807) is 12.4 Å². The van der Waals surface area contributed by atoms with Crippen molar-refractivity contribution in [3.63, 3.8) is 0 Å². The highest BCUT2D eigenvalue weighted by Gasteiger charge is 2.31. The molecule has 7 nitrogen and oxygen atoms in total. The molecule has 2 aliphatic rings. The molecular weight excluding hydrogens is 244 g/mol. The fourth-order valence-corrected chi connectivity index (χ4v) is 2.87. The minimum atomic E-state index is -0.0142. The van der Waals surface area contributed by atoms with Crippen LogP contribution < -0.4 is 10.6 Å². The van der Waals surface area contributed by atoms with Crippen LogP contribution in [0.2, 0.25) is 0 Å². The number of hydrogen-bond acceptors (Lipinski definition) is 6. The first-order valence-corrected chi connectivity index (χ1v) is 6.57. The number of piperazine rings is 1. The van der Waals surface area contributed by atoms with Gasteiger partial charge >= 0.3 is 0 Å². The molecule has 0 bridgehead atoms. The second-order valence-corrected chi connectivity index (χ2v) is 5.02. The molecule has 0 spiro atoms. The highest BCUT2D eigenvalue weighted by atomic mass is 16.4. The lowest BCUT2D eigenvalue weighted by Crippen LogP contribution is -2.50. The number of amidine groups is 1. The predicted octanol–water partition coefficient (Wildman–Crippen LogP) is -0.145. The van der Waals surface area contributed by atoms with E-state index in [1.165, 1.54) is 19.4 Å². The van der Waals surface area contributed by atoms with Crippen molar-refractivity contribution in [3.05, 3.63) is 18.1 Å². The number of fused-ring (bicyclic) bond motifs is 1. The SMILES string of the molecule is NC(=NO)c1cnc(N2CCN3CCCC3C2)cn1. The zero-order chi connectivity index (χ0) is 13.2. The Morgan fingerprint density at radius 1 is 1.32 bits per heavy atom. The minimum absolute atomic E-state index is 0.0142. The predicted molar refractivity (Wildman–Crippen MR) is 71.4 cm³/mol. The molecule has 0 aliphatic carbocycles. The summed E-state index contributed by atoms with van der Waals surface area (Å²) >= 11 is 0. The first kappa shape index (κ1) is 12.2. The van der Waals surface area contributed by atoms with E-state index < -0.39 is 0 Å². The fraction of sp³-hybridized carbons (Fsp3) is 0.583. The number of nitrogens with two attached hydrogens (primary N) is 1. The molecule has 2 fully saturated rings. The van der Waals surface area contributed by atoms with Gasteiger partial charge < -0.3 is 15.8 Å². The monoisotopic (exact) mass is 262 g/mol. The molecule has 2 aliphatic heterocycles. The maximum absolute atomic E-state index is 8.59. The first-order valence-electron chi connectivity index (χ1n) is 6.57. The molecule has 2 saturated heterocycles. The van der Waals surface area contributed by atoms with Crippen LogP contribution in [-0.4, -0.2) is 58.1 Å². The normalized spacial score (nSPS) is 24.5. The van der Waals surface area contributed by atoms with Gasteiger partial charge in [0.1, 0.15) is 11.5 Å². The van der Waals surface area contributed by atoms with E-state index in [2.05, 4.69) is 24.9 Å². The second-order valence-electron chi connectivity index (χ2n) is 5.02. The van der Waals surface area contributed by atoms with E-state index in [0.717, 1.165) is 25.5 Å². The Morgan fingerprint density at radius 3 is 2.95 bits per heavy atom. The van der Waals surface area contributed by atoms with E-state index >= 15 is 0 Å². The van der Waals surface area contributed by atoms with Crippen molar-refractivity contribution >= 4 is 11.7 Å². The number of aromatic nitrogens is 2. The summed E-state index contributed by atoms with van der Waals surface area (Å²) in [7, 11) is 0. The number of oxime groups is 1. The highest BCUT2D eigenvalue weighted by molar-refractivity contribution is 5.94. The highest BCUT2D eigenvalue weighted by Crippen LogP contribution is 2.23. The van der Waals surface area contributed by atoms with Gasteiger partial charge in [0.05, 0.1) is 12.4 Å². The zero-order valence-corrected chi connectivity index (χ0v) is 10.7. The molecule has 1 aromatic rings. The van der Waals surface area contributed by atoms with Gasteiger partial charge in [0.25, 0.3) is 0 Å². The molecule has 0 amide bonds. The lowest BCUT2D eigenvalue weighted by Gasteiger charge is -2.37. The molecule has 0 saturated carbocycles. The van der Waals surface area contributed by atoms with Gasteiger partial charge in [0, 0.05) is 25.7 Å². The molecule has 1 atom stereocenters. The fourth-order valence-electron chi connectivity index (χ4n) is 2.87. The van der Waals surface area contributed by atoms with Crippen molar-refractivity contribution in [1.82, 2.24) is 14.9 Å². The number of rotatable bonds is 2. The third-order valence-corrected chi connectivity index (χ3v) is 3.92. The number of anilines is 1. The standard InChI is InChI=1S/C12H18N6O/c13-12(16-19)10-6-15-11(7-14-10)18-5-4-17-3-1-2-9(17)8-18/h6-7,9,19H,1-5,8H2,(H2,13,16). The smallest absolute Gasteiger partial charge is 0.190 e. The Hall–Kier alpha value is -1.89. The lowest BCUT2D eigenvalue weighted by atomic mass is 10.1. The second kappa shape index (κ2) is 5.00. The van der Waals surface area contributed by atoms with Crippen LogP contribution in [0.4, 0.5) is 5.82 Å². The number of hydrogen-bond donors (Lipinski definition) is 2. The summed E-state index contributed by atoms with van der Waals surface area (Å²) in [5, 5.41) is 11.5. The van der Waals surface area contributed by atoms with Crippen molar-refractivity contribution in [2.24, 2.45) is 10.9 Å². The lowest BCUT2D eigenvalue weighted by molar-refractivity contribution is 0.230. The molecule has 19 heavy (non-hydrogen) atoms.